The maximum Gasteiger partial charge on any atom is 0.416 e. The van der Waals surface area contributed by atoms with Gasteiger partial charge in [0.15, 0.2) is 0 Å². The number of hydrogen-bond donors (Lipinski definition) is 1. The fourth-order valence-electron chi connectivity index (χ4n) is 2.69. The molecular weight excluding hydrogens is 416 g/mol. The second-order valence-corrected chi connectivity index (χ2v) is 6.42. The van der Waals surface area contributed by atoms with Gasteiger partial charge >= 0.3 is 18.3 Å². The number of halogens is 6. The van der Waals surface area contributed by atoms with Crippen LogP contribution in [0.4, 0.5) is 26.3 Å². The zero-order valence-corrected chi connectivity index (χ0v) is 15.6. The number of carbonyl (C=O) groups excluding carboxylic acids is 2. The van der Waals surface area contributed by atoms with Gasteiger partial charge in [0.1, 0.15) is 6.04 Å². The molecule has 1 atom stereocenters. The second kappa shape index (κ2) is 9.19. The van der Waals surface area contributed by atoms with Crippen molar-refractivity contribution in [1.82, 2.24) is 5.32 Å². The average Bonchev–Trinajstić information content (AvgIpc) is 2.66. The van der Waals surface area contributed by atoms with Gasteiger partial charge in [-0.3, -0.25) is 4.79 Å². The first kappa shape index (κ1) is 23.2. The van der Waals surface area contributed by atoms with Crippen molar-refractivity contribution < 1.29 is 40.7 Å². The zero-order valence-electron chi connectivity index (χ0n) is 15.6. The van der Waals surface area contributed by atoms with Gasteiger partial charge in [-0.2, -0.15) is 26.3 Å². The molecule has 0 fully saturated rings. The van der Waals surface area contributed by atoms with Gasteiger partial charge in [-0.25, -0.2) is 4.79 Å². The number of alkyl halides is 6. The van der Waals surface area contributed by atoms with Crippen LogP contribution in [0.3, 0.4) is 0 Å². The number of esters is 1. The number of carbonyl (C=O) groups is 2. The van der Waals surface area contributed by atoms with Gasteiger partial charge in [0.2, 0.25) is 5.91 Å². The zero-order chi connectivity index (χ0) is 22.5. The third-order valence-corrected chi connectivity index (χ3v) is 4.16. The number of hydrogen-bond acceptors (Lipinski definition) is 3. The van der Waals surface area contributed by atoms with E-state index in [4.69, 9.17) is 0 Å². The molecule has 2 rings (SSSR count). The summed E-state index contributed by atoms with van der Waals surface area (Å²) in [6, 6.07) is 6.92. The number of amides is 1. The molecule has 0 aliphatic carbocycles. The molecule has 0 unspecified atom stereocenters. The van der Waals surface area contributed by atoms with E-state index in [1.54, 1.807) is 0 Å². The van der Waals surface area contributed by atoms with Crippen LogP contribution in [0, 0.1) is 0 Å². The predicted octanol–water partition coefficient (Wildman–Crippen LogP) is 4.17. The molecule has 10 heteroatoms. The molecule has 2 aromatic carbocycles. The standard InChI is InChI=1S/C20H17F6NO3/c1-30-18(29)16(10-13-3-2-4-15(9-13)20(24,25)26)27-17(28)11-12-5-7-14(8-6-12)19(21,22)23/h2-9,16H,10-11H2,1H3,(H,27,28)/t16-/m1/s1. The topological polar surface area (TPSA) is 55.4 Å². The SMILES string of the molecule is COC(=O)[C@@H](Cc1cccc(C(F)(F)F)c1)NC(=O)Cc1ccc(C(F)(F)F)cc1. The third kappa shape index (κ3) is 6.50. The molecular formula is C20H17F6NO3. The van der Waals surface area contributed by atoms with Crippen LogP contribution in [-0.2, 0) is 39.5 Å². The van der Waals surface area contributed by atoms with Crippen molar-refractivity contribution in [2.24, 2.45) is 0 Å². The fourth-order valence-corrected chi connectivity index (χ4v) is 2.69. The highest BCUT2D eigenvalue weighted by atomic mass is 19.4. The van der Waals surface area contributed by atoms with E-state index in [1.165, 1.54) is 12.1 Å². The smallest absolute Gasteiger partial charge is 0.416 e. The monoisotopic (exact) mass is 433 g/mol. The number of methoxy groups -OCH3 is 1. The molecule has 1 N–H and O–H groups in total. The molecule has 0 radical (unpaired) electrons. The average molecular weight is 433 g/mol. The Hall–Kier alpha value is -3.04. The van der Waals surface area contributed by atoms with Crippen LogP contribution in [0.5, 0.6) is 0 Å². The Bertz CT molecular complexity index is 891. The molecule has 4 nitrogen and oxygen atoms in total. The van der Waals surface area contributed by atoms with Gasteiger partial charge < -0.3 is 10.1 Å². The van der Waals surface area contributed by atoms with E-state index in [9.17, 15) is 35.9 Å². The lowest BCUT2D eigenvalue weighted by Gasteiger charge is -2.17. The first-order valence-electron chi connectivity index (χ1n) is 8.59. The highest BCUT2D eigenvalue weighted by molar-refractivity contribution is 5.85. The van der Waals surface area contributed by atoms with Crippen molar-refractivity contribution in [3.05, 3.63) is 70.8 Å². The summed E-state index contributed by atoms with van der Waals surface area (Å²) in [5.41, 5.74) is -1.36. The van der Waals surface area contributed by atoms with E-state index in [0.29, 0.717) is 0 Å². The van der Waals surface area contributed by atoms with Crippen molar-refractivity contribution in [3.63, 3.8) is 0 Å². The van der Waals surface area contributed by atoms with Crippen LogP contribution >= 0.6 is 0 Å². The Kier molecular flexibility index (Phi) is 7.12. The second-order valence-electron chi connectivity index (χ2n) is 6.42. The summed E-state index contributed by atoms with van der Waals surface area (Å²) < 4.78 is 80.9. The van der Waals surface area contributed by atoms with Gasteiger partial charge in [-0.05, 0) is 29.3 Å². The van der Waals surface area contributed by atoms with Crippen molar-refractivity contribution in [2.75, 3.05) is 7.11 Å². The molecule has 0 saturated carbocycles. The highest BCUT2D eigenvalue weighted by Gasteiger charge is 2.31. The van der Waals surface area contributed by atoms with E-state index in [-0.39, 0.29) is 24.0 Å². The fraction of sp³-hybridized carbons (Fsp3) is 0.300. The lowest BCUT2D eigenvalue weighted by Crippen LogP contribution is -2.43. The van der Waals surface area contributed by atoms with Crippen molar-refractivity contribution in [3.8, 4) is 0 Å². The molecule has 1 amide bonds. The summed E-state index contributed by atoms with van der Waals surface area (Å²) in [4.78, 5) is 24.2. The first-order chi connectivity index (χ1) is 13.9. The van der Waals surface area contributed by atoms with Crippen LogP contribution < -0.4 is 5.32 Å². The van der Waals surface area contributed by atoms with Gasteiger partial charge in [0.25, 0.3) is 0 Å². The minimum Gasteiger partial charge on any atom is -0.467 e. The predicted molar refractivity (Wildman–Crippen MR) is 94.2 cm³/mol. The van der Waals surface area contributed by atoms with Gasteiger partial charge in [0.05, 0.1) is 24.7 Å². The van der Waals surface area contributed by atoms with E-state index in [0.717, 1.165) is 43.5 Å². The number of benzene rings is 2. The number of ether oxygens (including phenoxy) is 1. The minimum absolute atomic E-state index is 0.148. The molecule has 0 aliphatic rings. The van der Waals surface area contributed by atoms with Crippen molar-refractivity contribution in [1.29, 1.82) is 0 Å². The van der Waals surface area contributed by atoms with Crippen molar-refractivity contribution in [2.45, 2.75) is 31.2 Å². The van der Waals surface area contributed by atoms with Crippen LogP contribution in [0.15, 0.2) is 48.5 Å². The largest absolute Gasteiger partial charge is 0.467 e. The van der Waals surface area contributed by atoms with E-state index in [2.05, 4.69) is 10.1 Å². The van der Waals surface area contributed by atoms with Crippen LogP contribution in [-0.4, -0.2) is 25.0 Å². The van der Waals surface area contributed by atoms with E-state index in [1.807, 2.05) is 0 Å². The van der Waals surface area contributed by atoms with Gasteiger partial charge in [-0.1, -0.05) is 30.3 Å². The molecule has 0 spiro atoms. The maximum absolute atomic E-state index is 12.9. The first-order valence-corrected chi connectivity index (χ1v) is 8.59. The third-order valence-electron chi connectivity index (χ3n) is 4.16. The molecule has 0 heterocycles. The Morgan fingerprint density at radius 2 is 1.50 bits per heavy atom. The van der Waals surface area contributed by atoms with Gasteiger partial charge in [0, 0.05) is 6.42 Å². The minimum atomic E-state index is -4.57. The van der Waals surface area contributed by atoms with Crippen molar-refractivity contribution >= 4 is 11.9 Å². The summed E-state index contributed by atoms with van der Waals surface area (Å²) in [5.74, 6) is -1.56. The molecule has 0 aliphatic heterocycles. The maximum atomic E-state index is 12.9. The Balaban J connectivity index is 2.09. The quantitative estimate of drug-likeness (QED) is 0.550. The molecule has 30 heavy (non-hydrogen) atoms. The Labute approximate surface area is 167 Å². The number of rotatable bonds is 6. The molecule has 0 aromatic heterocycles. The molecule has 162 valence electrons. The summed E-state index contributed by atoms with van der Waals surface area (Å²) in [6.07, 6.45) is -9.66. The van der Waals surface area contributed by atoms with Crippen LogP contribution in [0.2, 0.25) is 0 Å². The number of nitrogens with one attached hydrogen (secondary N) is 1. The Morgan fingerprint density at radius 1 is 0.900 bits per heavy atom. The lowest BCUT2D eigenvalue weighted by molar-refractivity contribution is -0.145. The highest BCUT2D eigenvalue weighted by Crippen LogP contribution is 2.30. The lowest BCUT2D eigenvalue weighted by atomic mass is 10.0. The van der Waals surface area contributed by atoms with E-state index >= 15 is 0 Å². The molecule has 0 saturated heterocycles. The normalized spacial score (nSPS) is 12.9. The summed E-state index contributed by atoms with van der Waals surface area (Å²) in [5, 5.41) is 2.35. The van der Waals surface area contributed by atoms with E-state index < -0.39 is 41.4 Å². The summed E-state index contributed by atoms with van der Waals surface area (Å²) >= 11 is 0. The van der Waals surface area contributed by atoms with Gasteiger partial charge in [-0.15, -0.1) is 0 Å². The Morgan fingerprint density at radius 3 is 2.03 bits per heavy atom. The van der Waals surface area contributed by atoms with Crippen LogP contribution in [0.1, 0.15) is 22.3 Å². The molecule has 2 aromatic rings. The molecule has 0 bridgehead atoms. The summed E-state index contributed by atoms with van der Waals surface area (Å²) in [6.45, 7) is 0. The summed E-state index contributed by atoms with van der Waals surface area (Å²) in [7, 11) is 1.06. The van der Waals surface area contributed by atoms with Crippen LogP contribution in [0.25, 0.3) is 0 Å².